The number of carbonyl (C=O) groups is 1. The Bertz CT molecular complexity index is 1170. The van der Waals surface area contributed by atoms with Gasteiger partial charge in [-0.05, 0) is 60.7 Å². The standard InChI is InChI=1S/C19H15BrClNO4S/c20-11-2-1-3-13(8-11)27(25,26)18(19(23)24)10-6-14-15-9-12(21)4-5-16(15)22-17(14)7-10/h1-5,8-10,18,22H,6-7H2,(H,23,24). The van der Waals surface area contributed by atoms with Crippen LogP contribution in [-0.2, 0) is 27.5 Å². The molecule has 0 amide bonds. The van der Waals surface area contributed by atoms with Crippen LogP contribution >= 0.6 is 27.5 Å². The van der Waals surface area contributed by atoms with Crippen LogP contribution in [0.2, 0.25) is 5.02 Å². The number of carboxylic acid groups (broad SMARTS) is 1. The molecule has 5 nitrogen and oxygen atoms in total. The summed E-state index contributed by atoms with van der Waals surface area (Å²) in [6.45, 7) is 0. The molecule has 0 fully saturated rings. The van der Waals surface area contributed by atoms with Crippen molar-refractivity contribution in [3.8, 4) is 0 Å². The molecule has 4 rings (SSSR count). The van der Waals surface area contributed by atoms with Crippen molar-refractivity contribution in [2.24, 2.45) is 5.92 Å². The van der Waals surface area contributed by atoms with Crippen molar-refractivity contribution < 1.29 is 18.3 Å². The molecule has 2 atom stereocenters. The number of aromatic amines is 1. The molecule has 0 spiro atoms. The van der Waals surface area contributed by atoms with Gasteiger partial charge in [-0.2, -0.15) is 0 Å². The minimum Gasteiger partial charge on any atom is -0.480 e. The van der Waals surface area contributed by atoms with Crippen molar-refractivity contribution in [2.75, 3.05) is 0 Å². The molecule has 2 N–H and O–H groups in total. The molecule has 27 heavy (non-hydrogen) atoms. The molecule has 2 unspecified atom stereocenters. The van der Waals surface area contributed by atoms with Gasteiger partial charge >= 0.3 is 5.97 Å². The number of aliphatic carboxylic acids is 1. The normalized spacial score (nSPS) is 17.8. The van der Waals surface area contributed by atoms with Crippen molar-refractivity contribution >= 4 is 54.2 Å². The number of nitrogens with one attached hydrogen (secondary N) is 1. The third-order valence-electron chi connectivity index (χ3n) is 5.02. The molecule has 0 bridgehead atoms. The van der Waals surface area contributed by atoms with Crippen LogP contribution in [0.3, 0.4) is 0 Å². The predicted octanol–water partition coefficient (Wildman–Crippen LogP) is 4.23. The molecule has 3 aromatic rings. The van der Waals surface area contributed by atoms with E-state index in [2.05, 4.69) is 20.9 Å². The Balaban J connectivity index is 1.73. The Morgan fingerprint density at radius 2 is 2.00 bits per heavy atom. The van der Waals surface area contributed by atoms with E-state index in [9.17, 15) is 18.3 Å². The summed E-state index contributed by atoms with van der Waals surface area (Å²) in [7, 11) is -4.03. The lowest BCUT2D eigenvalue weighted by molar-refractivity contribution is -0.137. The van der Waals surface area contributed by atoms with Gasteiger partial charge in [0.05, 0.1) is 4.90 Å². The van der Waals surface area contributed by atoms with E-state index in [1.54, 1.807) is 18.2 Å². The number of aromatic nitrogens is 1. The Hall–Kier alpha value is -1.83. The highest BCUT2D eigenvalue weighted by molar-refractivity contribution is 9.10. The number of hydrogen-bond acceptors (Lipinski definition) is 3. The fraction of sp³-hybridized carbons (Fsp3) is 0.211. The highest BCUT2D eigenvalue weighted by Gasteiger charge is 2.44. The van der Waals surface area contributed by atoms with E-state index in [4.69, 9.17) is 11.6 Å². The highest BCUT2D eigenvalue weighted by atomic mass is 79.9. The van der Waals surface area contributed by atoms with Crippen molar-refractivity contribution in [2.45, 2.75) is 23.0 Å². The average molecular weight is 469 g/mol. The number of rotatable bonds is 4. The van der Waals surface area contributed by atoms with Crippen LogP contribution in [0.1, 0.15) is 11.3 Å². The summed E-state index contributed by atoms with van der Waals surface area (Å²) in [6, 6.07) is 11.6. The van der Waals surface area contributed by atoms with Crippen molar-refractivity contribution in [1.82, 2.24) is 4.98 Å². The van der Waals surface area contributed by atoms with Gasteiger partial charge in [-0.15, -0.1) is 0 Å². The van der Waals surface area contributed by atoms with Gasteiger partial charge in [0.2, 0.25) is 0 Å². The third kappa shape index (κ3) is 3.17. The molecule has 1 aromatic heterocycles. The zero-order valence-corrected chi connectivity index (χ0v) is 17.1. The Morgan fingerprint density at radius 1 is 1.22 bits per heavy atom. The lowest BCUT2D eigenvalue weighted by atomic mass is 10.0. The summed E-state index contributed by atoms with van der Waals surface area (Å²) < 4.78 is 26.7. The summed E-state index contributed by atoms with van der Waals surface area (Å²) in [5.74, 6) is -1.87. The van der Waals surface area contributed by atoms with E-state index in [1.165, 1.54) is 12.1 Å². The molecule has 8 heteroatoms. The second kappa shape index (κ2) is 6.65. The van der Waals surface area contributed by atoms with E-state index >= 15 is 0 Å². The molecule has 140 valence electrons. The zero-order valence-electron chi connectivity index (χ0n) is 13.9. The quantitative estimate of drug-likeness (QED) is 0.600. The van der Waals surface area contributed by atoms with E-state index in [0.717, 1.165) is 22.2 Å². The molecule has 2 aromatic carbocycles. The lowest BCUT2D eigenvalue weighted by Crippen LogP contribution is -2.38. The molecule has 0 aliphatic heterocycles. The van der Waals surface area contributed by atoms with Crippen LogP contribution in [0.15, 0.2) is 51.8 Å². The number of H-pyrrole nitrogens is 1. The monoisotopic (exact) mass is 467 g/mol. The highest BCUT2D eigenvalue weighted by Crippen LogP contribution is 2.38. The van der Waals surface area contributed by atoms with Gasteiger partial charge in [0.15, 0.2) is 15.1 Å². The molecular formula is C19H15BrClNO4S. The number of hydrogen-bond donors (Lipinski definition) is 2. The van der Waals surface area contributed by atoms with Gasteiger partial charge < -0.3 is 10.1 Å². The Kier molecular flexibility index (Phi) is 4.56. The first-order chi connectivity index (χ1) is 12.8. The fourth-order valence-corrected chi connectivity index (χ4v) is 6.41. The maximum absolute atomic E-state index is 13.1. The van der Waals surface area contributed by atoms with Gasteiger partial charge in [-0.25, -0.2) is 8.42 Å². The van der Waals surface area contributed by atoms with Crippen molar-refractivity contribution in [3.05, 3.63) is 63.2 Å². The summed E-state index contributed by atoms with van der Waals surface area (Å²) in [5.41, 5.74) is 2.76. The first-order valence-corrected chi connectivity index (χ1v) is 11.0. The van der Waals surface area contributed by atoms with Crippen molar-refractivity contribution in [3.63, 3.8) is 0 Å². The van der Waals surface area contributed by atoms with Crippen LogP contribution in [0.4, 0.5) is 0 Å². The molecule has 0 radical (unpaired) electrons. The molecule has 1 aliphatic rings. The van der Waals surface area contributed by atoms with Gasteiger partial charge in [-0.1, -0.05) is 33.6 Å². The maximum atomic E-state index is 13.1. The second-order valence-corrected chi connectivity index (χ2v) is 10.1. The van der Waals surface area contributed by atoms with Gasteiger partial charge in [0.1, 0.15) is 0 Å². The van der Waals surface area contributed by atoms with E-state index in [1.807, 2.05) is 12.1 Å². The number of benzene rings is 2. The summed E-state index contributed by atoms with van der Waals surface area (Å²) in [6.07, 6.45) is 0.742. The van der Waals surface area contributed by atoms with E-state index in [-0.39, 0.29) is 4.90 Å². The Morgan fingerprint density at radius 3 is 2.70 bits per heavy atom. The topological polar surface area (TPSA) is 87.2 Å². The van der Waals surface area contributed by atoms with Gasteiger partial charge in [0.25, 0.3) is 0 Å². The number of halogens is 2. The minimum atomic E-state index is -4.03. The molecule has 0 saturated carbocycles. The third-order valence-corrected chi connectivity index (χ3v) is 7.91. The first kappa shape index (κ1) is 18.5. The van der Waals surface area contributed by atoms with Gasteiger partial charge in [0, 0.05) is 26.1 Å². The SMILES string of the molecule is O=C(O)C(C1Cc2[nH]c3ccc(Cl)cc3c2C1)S(=O)(=O)c1cccc(Br)c1. The summed E-state index contributed by atoms with van der Waals surface area (Å²) in [5, 5.41) is 9.75. The summed E-state index contributed by atoms with van der Waals surface area (Å²) >= 11 is 9.33. The molecule has 0 saturated heterocycles. The predicted molar refractivity (Wildman–Crippen MR) is 107 cm³/mol. The van der Waals surface area contributed by atoms with Crippen LogP contribution in [0, 0.1) is 5.92 Å². The largest absolute Gasteiger partial charge is 0.480 e. The smallest absolute Gasteiger partial charge is 0.322 e. The van der Waals surface area contributed by atoms with Gasteiger partial charge in [-0.3, -0.25) is 4.79 Å². The Labute approximate surface area is 169 Å². The van der Waals surface area contributed by atoms with E-state index in [0.29, 0.717) is 22.3 Å². The zero-order chi connectivity index (χ0) is 19.3. The minimum absolute atomic E-state index is 0.00717. The second-order valence-electron chi connectivity index (χ2n) is 6.70. The van der Waals surface area contributed by atoms with Crippen LogP contribution in [-0.4, -0.2) is 29.7 Å². The fourth-order valence-electron chi connectivity index (χ4n) is 3.87. The molecule has 1 heterocycles. The van der Waals surface area contributed by atoms with Crippen LogP contribution < -0.4 is 0 Å². The van der Waals surface area contributed by atoms with E-state index < -0.39 is 27.0 Å². The molecule has 1 aliphatic carbocycles. The van der Waals surface area contributed by atoms with Crippen LogP contribution in [0.25, 0.3) is 10.9 Å². The maximum Gasteiger partial charge on any atom is 0.322 e. The number of fused-ring (bicyclic) bond motifs is 3. The first-order valence-electron chi connectivity index (χ1n) is 8.28. The number of carboxylic acids is 1. The number of sulfone groups is 1. The summed E-state index contributed by atoms with van der Waals surface area (Å²) in [4.78, 5) is 15.2. The average Bonchev–Trinajstić information content (AvgIpc) is 3.12. The van der Waals surface area contributed by atoms with Crippen molar-refractivity contribution in [1.29, 1.82) is 0 Å². The van der Waals surface area contributed by atoms with Crippen LogP contribution in [0.5, 0.6) is 0 Å². The lowest BCUT2D eigenvalue weighted by Gasteiger charge is -2.20. The molecular weight excluding hydrogens is 454 g/mol.